The largest absolute Gasteiger partial charge is 0.392 e. The third kappa shape index (κ3) is 11.5. The SMILES string of the molecule is O=C(CCCCCC(=O)NCc1cccc(-c2ccc(C3OC(CN4CCN(Cc5ccccc5)CC4)CC(c4ccc(CO)cc4)O3)cc2)c1)NO. The summed E-state index contributed by atoms with van der Waals surface area (Å²) in [5, 5.41) is 21.2. The van der Waals surface area contributed by atoms with Crippen molar-refractivity contribution in [2.75, 3.05) is 32.7 Å². The van der Waals surface area contributed by atoms with Crippen LogP contribution in [-0.4, -0.2) is 70.8 Å². The van der Waals surface area contributed by atoms with E-state index >= 15 is 0 Å². The molecule has 2 aliphatic heterocycles. The molecule has 0 aromatic heterocycles. The molecule has 4 aromatic rings. The number of hydrogen-bond acceptors (Lipinski definition) is 8. The number of ether oxygens (including phenoxy) is 2. The monoisotopic (exact) mass is 720 g/mol. The van der Waals surface area contributed by atoms with Crippen molar-refractivity contribution in [3.05, 3.63) is 131 Å². The molecule has 2 fully saturated rings. The summed E-state index contributed by atoms with van der Waals surface area (Å²) in [7, 11) is 0. The zero-order valence-corrected chi connectivity index (χ0v) is 30.4. The van der Waals surface area contributed by atoms with E-state index in [2.05, 4.69) is 94.0 Å². The first kappa shape index (κ1) is 38.3. The van der Waals surface area contributed by atoms with Crippen molar-refractivity contribution in [3.8, 4) is 11.1 Å². The van der Waals surface area contributed by atoms with Gasteiger partial charge >= 0.3 is 0 Å². The molecule has 0 bridgehead atoms. The number of unbranched alkanes of at least 4 members (excludes halogenated alkanes) is 2. The molecule has 2 aliphatic rings. The Morgan fingerprint density at radius 3 is 2.08 bits per heavy atom. The molecule has 2 heterocycles. The number of nitrogens with one attached hydrogen (secondary N) is 2. The average Bonchev–Trinajstić information content (AvgIpc) is 3.21. The van der Waals surface area contributed by atoms with Crippen LogP contribution < -0.4 is 10.8 Å². The van der Waals surface area contributed by atoms with Crippen LogP contribution in [0.2, 0.25) is 0 Å². The van der Waals surface area contributed by atoms with E-state index in [0.717, 1.165) is 85.5 Å². The minimum Gasteiger partial charge on any atom is -0.392 e. The van der Waals surface area contributed by atoms with Gasteiger partial charge in [0.1, 0.15) is 0 Å². The second-order valence-electron chi connectivity index (χ2n) is 14.1. The van der Waals surface area contributed by atoms with Gasteiger partial charge in [-0.15, -0.1) is 0 Å². The Morgan fingerprint density at radius 2 is 1.36 bits per heavy atom. The Kier molecular flexibility index (Phi) is 14.2. The molecule has 53 heavy (non-hydrogen) atoms. The van der Waals surface area contributed by atoms with Crippen LogP contribution in [0.3, 0.4) is 0 Å². The molecule has 4 N–H and O–H groups in total. The van der Waals surface area contributed by atoms with E-state index in [-0.39, 0.29) is 31.1 Å². The zero-order valence-electron chi connectivity index (χ0n) is 30.4. The third-order valence-electron chi connectivity index (χ3n) is 10.2. The number of hydrogen-bond donors (Lipinski definition) is 4. The number of nitrogens with zero attached hydrogens (tertiary/aromatic N) is 2. The number of piperazine rings is 1. The number of carbonyl (C=O) groups is 2. The summed E-state index contributed by atoms with van der Waals surface area (Å²) in [5.41, 5.74) is 9.03. The van der Waals surface area contributed by atoms with E-state index < -0.39 is 12.2 Å². The van der Waals surface area contributed by atoms with Crippen molar-refractivity contribution in [2.45, 2.75) is 76.7 Å². The van der Waals surface area contributed by atoms with Gasteiger partial charge in [0.2, 0.25) is 11.8 Å². The lowest BCUT2D eigenvalue weighted by Crippen LogP contribution is -2.49. The van der Waals surface area contributed by atoms with Crippen molar-refractivity contribution in [3.63, 3.8) is 0 Å². The van der Waals surface area contributed by atoms with Gasteiger partial charge in [-0.1, -0.05) is 103 Å². The number of hydroxylamine groups is 1. The Hall–Kier alpha value is -4.42. The normalized spacial score (nSPS) is 19.5. The molecule has 0 radical (unpaired) electrons. The summed E-state index contributed by atoms with van der Waals surface area (Å²) in [6.07, 6.45) is 2.82. The number of aliphatic hydroxyl groups is 1. The van der Waals surface area contributed by atoms with Crippen molar-refractivity contribution in [2.24, 2.45) is 0 Å². The number of carbonyl (C=O) groups excluding carboxylic acids is 2. The Balaban J connectivity index is 1.05. The van der Waals surface area contributed by atoms with Crippen molar-refractivity contribution in [1.29, 1.82) is 0 Å². The Labute approximate surface area is 312 Å². The van der Waals surface area contributed by atoms with Gasteiger partial charge in [-0.25, -0.2) is 5.48 Å². The molecule has 6 rings (SSSR count). The van der Waals surface area contributed by atoms with Gasteiger partial charge in [0.25, 0.3) is 0 Å². The van der Waals surface area contributed by atoms with Gasteiger partial charge in [0.05, 0.1) is 18.8 Å². The van der Waals surface area contributed by atoms with E-state index in [4.69, 9.17) is 14.7 Å². The van der Waals surface area contributed by atoms with Crippen LogP contribution in [0, 0.1) is 0 Å². The summed E-state index contributed by atoms with van der Waals surface area (Å²) in [6, 6.07) is 35.2. The van der Waals surface area contributed by atoms with Gasteiger partial charge in [0.15, 0.2) is 6.29 Å². The van der Waals surface area contributed by atoms with Crippen LogP contribution in [0.4, 0.5) is 0 Å². The Morgan fingerprint density at radius 1 is 0.679 bits per heavy atom. The molecule has 0 saturated carbocycles. The predicted molar refractivity (Wildman–Crippen MR) is 203 cm³/mol. The lowest BCUT2D eigenvalue weighted by Gasteiger charge is -2.40. The average molecular weight is 721 g/mol. The smallest absolute Gasteiger partial charge is 0.243 e. The van der Waals surface area contributed by atoms with Gasteiger partial charge < -0.3 is 19.9 Å². The van der Waals surface area contributed by atoms with E-state index in [1.54, 1.807) is 5.48 Å². The molecule has 0 spiro atoms. The molecule has 0 aliphatic carbocycles. The van der Waals surface area contributed by atoms with Crippen molar-refractivity contribution in [1.82, 2.24) is 20.6 Å². The number of aliphatic hydroxyl groups excluding tert-OH is 1. The van der Waals surface area contributed by atoms with E-state index in [9.17, 15) is 14.7 Å². The van der Waals surface area contributed by atoms with E-state index in [0.29, 0.717) is 25.8 Å². The molecule has 2 amide bonds. The van der Waals surface area contributed by atoms with Crippen LogP contribution in [0.5, 0.6) is 0 Å². The second-order valence-corrected chi connectivity index (χ2v) is 14.1. The molecule has 4 aromatic carbocycles. The summed E-state index contributed by atoms with van der Waals surface area (Å²) in [5.74, 6) is -0.427. The molecule has 3 unspecified atom stereocenters. The minimum atomic E-state index is -0.516. The highest BCUT2D eigenvalue weighted by molar-refractivity contribution is 5.76. The number of benzene rings is 4. The molecule has 10 heteroatoms. The first-order chi connectivity index (χ1) is 25.9. The van der Waals surface area contributed by atoms with Crippen LogP contribution in [0.15, 0.2) is 103 Å². The quantitative estimate of drug-likeness (QED) is 0.0606. The highest BCUT2D eigenvalue weighted by atomic mass is 16.7. The van der Waals surface area contributed by atoms with Crippen molar-refractivity contribution < 1.29 is 29.4 Å². The van der Waals surface area contributed by atoms with E-state index in [1.165, 1.54) is 5.56 Å². The van der Waals surface area contributed by atoms with Gasteiger partial charge in [0, 0.05) is 70.6 Å². The maximum atomic E-state index is 12.4. The second kappa shape index (κ2) is 19.6. The molecular weight excluding hydrogens is 668 g/mol. The van der Waals surface area contributed by atoms with Crippen LogP contribution in [0.25, 0.3) is 11.1 Å². The molecule has 2 saturated heterocycles. The standard InChI is InChI=1S/C43H52N4O6/c48-31-33-14-16-36(17-15-33)40-27-39(30-47-24-22-46(23-25-47)29-32-8-3-1-4-9-32)52-43(53-40)37-20-18-35(19-21-37)38-11-7-10-34(26-38)28-44-41(49)12-5-2-6-13-42(50)45-51/h1,3-4,7-11,14-21,26,39-40,43,48,51H,2,5-6,12-13,22-25,27-31H2,(H,44,49)(H,45,50). The molecular formula is C43H52N4O6. The first-order valence-electron chi connectivity index (χ1n) is 18.8. The zero-order chi connectivity index (χ0) is 36.8. The predicted octanol–water partition coefficient (Wildman–Crippen LogP) is 6.28. The van der Waals surface area contributed by atoms with Crippen LogP contribution in [-0.2, 0) is 38.8 Å². The first-order valence-corrected chi connectivity index (χ1v) is 18.8. The van der Waals surface area contributed by atoms with Gasteiger partial charge in [-0.05, 0) is 52.3 Å². The van der Waals surface area contributed by atoms with Crippen LogP contribution in [0.1, 0.15) is 78.7 Å². The van der Waals surface area contributed by atoms with E-state index in [1.807, 2.05) is 24.3 Å². The van der Waals surface area contributed by atoms with Crippen molar-refractivity contribution >= 4 is 11.8 Å². The molecule has 3 atom stereocenters. The van der Waals surface area contributed by atoms with Gasteiger partial charge in [-0.2, -0.15) is 0 Å². The highest BCUT2D eigenvalue weighted by Gasteiger charge is 2.34. The summed E-state index contributed by atoms with van der Waals surface area (Å²) >= 11 is 0. The fourth-order valence-electron chi connectivity index (χ4n) is 7.08. The van der Waals surface area contributed by atoms with Crippen LogP contribution >= 0.6 is 0 Å². The lowest BCUT2D eigenvalue weighted by atomic mass is 9.98. The summed E-state index contributed by atoms with van der Waals surface area (Å²) in [6.45, 7) is 6.32. The Bertz CT molecular complexity index is 1730. The third-order valence-corrected chi connectivity index (χ3v) is 10.2. The minimum absolute atomic E-state index is 0.00345. The molecule has 280 valence electrons. The number of rotatable bonds is 16. The fraction of sp³-hybridized carbons (Fsp3) is 0.395. The van der Waals surface area contributed by atoms with Gasteiger partial charge in [-0.3, -0.25) is 24.6 Å². The maximum Gasteiger partial charge on any atom is 0.243 e. The molecule has 10 nitrogen and oxygen atoms in total. The number of amides is 2. The maximum absolute atomic E-state index is 12.4. The highest BCUT2D eigenvalue weighted by Crippen LogP contribution is 2.39. The lowest BCUT2D eigenvalue weighted by molar-refractivity contribution is -0.253. The fourth-order valence-corrected chi connectivity index (χ4v) is 7.08. The summed E-state index contributed by atoms with van der Waals surface area (Å²) in [4.78, 5) is 28.6. The summed E-state index contributed by atoms with van der Waals surface area (Å²) < 4.78 is 13.3. The topological polar surface area (TPSA) is 124 Å².